The molecular weight excluding hydrogens is 710 g/mol. The minimum atomic E-state index is -1.69. The Morgan fingerprint density at radius 3 is 1.40 bits per heavy atom. The summed E-state index contributed by atoms with van der Waals surface area (Å²) in [6.45, 7) is 6.18. The van der Waals surface area contributed by atoms with Crippen LogP contribution < -0.4 is 0 Å². The first kappa shape index (κ1) is 42.3. The molecule has 53 heavy (non-hydrogen) atoms. The van der Waals surface area contributed by atoms with Gasteiger partial charge in [0.15, 0.2) is 49.0 Å². The number of hydrogen-bond acceptors (Lipinski definition) is 19. The molecule has 290 valence electrons. The lowest BCUT2D eigenvalue weighted by Crippen LogP contribution is -2.65. The summed E-state index contributed by atoms with van der Waals surface area (Å²) in [4.78, 5) is 85.3. The number of carbonyl (C=O) groups is 7. The van der Waals surface area contributed by atoms with Crippen molar-refractivity contribution in [1.29, 1.82) is 5.26 Å². The Kier molecular flexibility index (Phi) is 15.6. The number of nitriles is 1. The van der Waals surface area contributed by atoms with E-state index >= 15 is 0 Å². The van der Waals surface area contributed by atoms with E-state index in [1.54, 1.807) is 30.3 Å². The maximum absolute atomic E-state index is 12.4. The lowest BCUT2D eigenvalue weighted by Gasteiger charge is -2.46. The summed E-state index contributed by atoms with van der Waals surface area (Å²) < 4.78 is 61.9. The molecule has 0 aromatic heterocycles. The molecule has 19 heteroatoms. The summed E-state index contributed by atoms with van der Waals surface area (Å²) in [5.41, 5.74) is 0.386. The molecule has 0 unspecified atom stereocenters. The summed E-state index contributed by atoms with van der Waals surface area (Å²) >= 11 is 0. The van der Waals surface area contributed by atoms with Crippen LogP contribution in [-0.4, -0.2) is 116 Å². The van der Waals surface area contributed by atoms with Crippen molar-refractivity contribution >= 4 is 41.8 Å². The third-order valence-electron chi connectivity index (χ3n) is 7.36. The van der Waals surface area contributed by atoms with Crippen LogP contribution >= 0.6 is 0 Å². The fourth-order valence-electron chi connectivity index (χ4n) is 5.56. The van der Waals surface area contributed by atoms with E-state index in [0.717, 1.165) is 48.5 Å². The summed E-state index contributed by atoms with van der Waals surface area (Å²) in [7, 11) is 0. The number of nitrogens with zero attached hydrogens (tertiary/aromatic N) is 1. The monoisotopic (exact) mass is 751 g/mol. The molecule has 2 fully saturated rings. The zero-order valence-corrected chi connectivity index (χ0v) is 29.9. The largest absolute Gasteiger partial charge is 0.463 e. The van der Waals surface area contributed by atoms with E-state index in [9.17, 15) is 38.8 Å². The van der Waals surface area contributed by atoms with Crippen LogP contribution in [-0.2, 0) is 85.7 Å². The number of benzene rings is 1. The molecule has 11 atom stereocenters. The van der Waals surface area contributed by atoms with Gasteiger partial charge in [0.25, 0.3) is 0 Å². The molecule has 0 spiro atoms. The van der Waals surface area contributed by atoms with Gasteiger partial charge in [-0.05, 0) is 5.56 Å². The predicted octanol–water partition coefficient (Wildman–Crippen LogP) is 0.888. The molecular formula is C34H41NO18. The molecule has 2 heterocycles. The molecule has 2 saturated heterocycles. The van der Waals surface area contributed by atoms with Crippen LogP contribution in [0.1, 0.15) is 60.1 Å². The molecule has 0 aliphatic carbocycles. The molecule has 0 bridgehead atoms. The van der Waals surface area contributed by atoms with E-state index in [2.05, 4.69) is 0 Å². The third kappa shape index (κ3) is 12.5. The fraction of sp³-hybridized carbons (Fsp3) is 0.588. The van der Waals surface area contributed by atoms with Gasteiger partial charge in [-0.15, -0.1) is 0 Å². The van der Waals surface area contributed by atoms with Crippen molar-refractivity contribution in [2.75, 3.05) is 13.2 Å². The Labute approximate surface area is 303 Å². The van der Waals surface area contributed by atoms with Gasteiger partial charge in [-0.2, -0.15) is 5.26 Å². The number of carbonyl (C=O) groups excluding carboxylic acids is 7. The van der Waals surface area contributed by atoms with Crippen molar-refractivity contribution in [3.05, 3.63) is 35.9 Å². The Bertz CT molecular complexity index is 1530. The van der Waals surface area contributed by atoms with Crippen molar-refractivity contribution in [2.45, 2.75) is 116 Å². The second-order valence-electron chi connectivity index (χ2n) is 11.7. The highest BCUT2D eigenvalue weighted by molar-refractivity contribution is 5.69. The van der Waals surface area contributed by atoms with E-state index in [-0.39, 0.29) is 0 Å². The van der Waals surface area contributed by atoms with Crippen LogP contribution in [0.3, 0.4) is 0 Å². The molecule has 0 amide bonds. The van der Waals surface area contributed by atoms with Crippen molar-refractivity contribution in [2.24, 2.45) is 0 Å². The third-order valence-corrected chi connectivity index (χ3v) is 7.36. The smallest absolute Gasteiger partial charge is 0.303 e. The lowest BCUT2D eigenvalue weighted by atomic mass is 9.97. The maximum atomic E-state index is 12.4. The minimum absolute atomic E-state index is 0.386. The first-order chi connectivity index (χ1) is 25.0. The van der Waals surface area contributed by atoms with E-state index in [1.165, 1.54) is 0 Å². The van der Waals surface area contributed by atoms with Crippen molar-refractivity contribution in [1.82, 2.24) is 0 Å². The highest BCUT2D eigenvalue weighted by atomic mass is 16.8. The van der Waals surface area contributed by atoms with Crippen molar-refractivity contribution in [3.8, 4) is 6.07 Å². The van der Waals surface area contributed by atoms with Crippen molar-refractivity contribution < 1.29 is 85.7 Å². The normalized spacial score (nSPS) is 28.5. The number of rotatable bonds is 14. The van der Waals surface area contributed by atoms with Gasteiger partial charge in [-0.1, -0.05) is 30.3 Å². The molecule has 0 saturated carbocycles. The van der Waals surface area contributed by atoms with Crippen LogP contribution in [0, 0.1) is 11.3 Å². The van der Waals surface area contributed by atoms with Crippen LogP contribution in [0.25, 0.3) is 0 Å². The van der Waals surface area contributed by atoms with Crippen LogP contribution in [0.2, 0.25) is 0 Å². The highest BCUT2D eigenvalue weighted by Gasteiger charge is 2.56. The molecule has 19 nitrogen and oxygen atoms in total. The fourth-order valence-corrected chi connectivity index (χ4v) is 5.56. The summed E-state index contributed by atoms with van der Waals surface area (Å²) in [5.74, 6) is -6.00. The lowest BCUT2D eigenvalue weighted by molar-refractivity contribution is -0.337. The number of esters is 7. The average molecular weight is 752 g/mol. The second-order valence-corrected chi connectivity index (χ2v) is 11.7. The Hall–Kier alpha value is -5.16. The zero-order chi connectivity index (χ0) is 39.4. The van der Waals surface area contributed by atoms with Gasteiger partial charge in [-0.3, -0.25) is 33.6 Å². The van der Waals surface area contributed by atoms with E-state index in [4.69, 9.17) is 52.1 Å². The maximum Gasteiger partial charge on any atom is 0.303 e. The Morgan fingerprint density at radius 1 is 0.566 bits per heavy atom. The molecule has 1 aromatic rings. The van der Waals surface area contributed by atoms with Gasteiger partial charge in [0.05, 0.1) is 12.7 Å². The summed E-state index contributed by atoms with van der Waals surface area (Å²) in [6, 6.07) is 10.2. The summed E-state index contributed by atoms with van der Waals surface area (Å²) in [6.07, 6.45) is -16.9. The first-order valence-electron chi connectivity index (χ1n) is 16.2. The standard InChI is InChI=1S/C34H41NO18/c1-16(36)43-14-25-27(45-17(2)37)29(47-19(4)39)31(49-21(6)41)33(52-25)44-15-26-28(46-18(3)38)30(48-20(5)40)32(50-22(7)42)34(53-26)51-24(13-35)23-11-9-8-10-12-23/h8-12,24-34H,14-15H2,1-7H3/t24-,25+,26+,27+,28-,29-,30-,31+,32+,33+,34+/m1/s1. The molecule has 0 radical (unpaired) electrons. The van der Waals surface area contributed by atoms with Crippen LogP contribution in [0.4, 0.5) is 0 Å². The van der Waals surface area contributed by atoms with Gasteiger partial charge in [0, 0.05) is 48.5 Å². The molecule has 1 aromatic carbocycles. The number of hydrogen-bond donors (Lipinski definition) is 0. The van der Waals surface area contributed by atoms with E-state index < -0.39 is 123 Å². The van der Waals surface area contributed by atoms with Gasteiger partial charge >= 0.3 is 41.8 Å². The zero-order valence-electron chi connectivity index (χ0n) is 29.9. The van der Waals surface area contributed by atoms with Gasteiger partial charge < -0.3 is 52.1 Å². The Balaban J connectivity index is 2.08. The molecule has 2 aliphatic rings. The molecule has 3 rings (SSSR count). The quantitative estimate of drug-likeness (QED) is 0.189. The predicted molar refractivity (Wildman–Crippen MR) is 169 cm³/mol. The van der Waals surface area contributed by atoms with E-state index in [0.29, 0.717) is 5.56 Å². The van der Waals surface area contributed by atoms with Gasteiger partial charge in [0.1, 0.15) is 18.8 Å². The van der Waals surface area contributed by atoms with E-state index in [1.807, 2.05) is 6.07 Å². The molecule has 2 aliphatic heterocycles. The Morgan fingerprint density at radius 2 is 0.962 bits per heavy atom. The first-order valence-corrected chi connectivity index (χ1v) is 16.2. The average Bonchev–Trinajstić information content (AvgIpc) is 3.05. The number of ether oxygens (including phenoxy) is 11. The summed E-state index contributed by atoms with van der Waals surface area (Å²) in [5, 5.41) is 9.99. The molecule has 0 N–H and O–H groups in total. The SMILES string of the molecule is CC(=O)OC[C@@H]1O[C@H](OC[C@@H]2O[C@H](O[C@H](C#N)c3ccccc3)[C@@H](OC(C)=O)[C@H](OC(C)=O)[C@@H]2OC(C)=O)[C@@H](OC(C)=O)[C@H](OC(C)=O)[C@H]1OC(C)=O. The van der Waals surface area contributed by atoms with Gasteiger partial charge in [0.2, 0.25) is 6.29 Å². The van der Waals surface area contributed by atoms with Crippen LogP contribution in [0.15, 0.2) is 30.3 Å². The second kappa shape index (κ2) is 19.6. The van der Waals surface area contributed by atoms with Gasteiger partial charge in [-0.25, -0.2) is 0 Å². The highest BCUT2D eigenvalue weighted by Crippen LogP contribution is 2.35. The van der Waals surface area contributed by atoms with Crippen LogP contribution in [0.5, 0.6) is 0 Å². The minimum Gasteiger partial charge on any atom is -0.463 e. The van der Waals surface area contributed by atoms with Crippen molar-refractivity contribution in [3.63, 3.8) is 0 Å². The topological polar surface area (TPSA) is 245 Å².